The van der Waals surface area contributed by atoms with Crippen molar-refractivity contribution in [3.63, 3.8) is 0 Å². The highest BCUT2D eigenvalue weighted by molar-refractivity contribution is 9.10. The topological polar surface area (TPSA) is 37.4 Å². The maximum atomic E-state index is 6.10. The maximum Gasteiger partial charge on any atom is 0.144 e. The zero-order chi connectivity index (χ0) is 13.0. The van der Waals surface area contributed by atoms with E-state index in [0.717, 1.165) is 37.3 Å². The Morgan fingerprint density at radius 2 is 2.50 bits per heavy atom. The number of anilines is 1. The molecule has 18 heavy (non-hydrogen) atoms. The van der Waals surface area contributed by atoms with Crippen molar-refractivity contribution >= 4 is 33.3 Å². The Balaban J connectivity index is 1.87. The Hall–Kier alpha value is -0.360. The van der Waals surface area contributed by atoms with E-state index in [1.54, 1.807) is 6.20 Å². The van der Waals surface area contributed by atoms with Crippen LogP contribution in [0.15, 0.2) is 16.7 Å². The highest BCUT2D eigenvalue weighted by Gasteiger charge is 2.19. The Kier molecular flexibility index (Phi) is 5.24. The van der Waals surface area contributed by atoms with Gasteiger partial charge in [-0.1, -0.05) is 18.5 Å². The molecule has 1 aliphatic rings. The van der Waals surface area contributed by atoms with E-state index < -0.39 is 0 Å². The van der Waals surface area contributed by atoms with Crippen LogP contribution in [0.25, 0.3) is 0 Å². The Morgan fingerprint density at radius 3 is 3.22 bits per heavy atom. The highest BCUT2D eigenvalue weighted by Crippen LogP contribution is 2.22. The lowest BCUT2D eigenvalue weighted by molar-refractivity contribution is -0.0192. The monoisotopic (exact) mass is 333 g/mol. The minimum Gasteiger partial charge on any atom is -0.374 e. The fourth-order valence-electron chi connectivity index (χ4n) is 1.95. The average Bonchev–Trinajstić information content (AvgIpc) is 2.38. The predicted molar refractivity (Wildman–Crippen MR) is 77.3 cm³/mol. The Morgan fingerprint density at radius 1 is 1.67 bits per heavy atom. The number of hydrogen-bond donors (Lipinski definition) is 1. The van der Waals surface area contributed by atoms with Gasteiger partial charge in [0.2, 0.25) is 0 Å². The summed E-state index contributed by atoms with van der Waals surface area (Å²) < 4.78 is 6.59. The van der Waals surface area contributed by atoms with Crippen LogP contribution in [-0.2, 0) is 4.74 Å². The molecular formula is C12H17BrClN3O. The fourth-order valence-corrected chi connectivity index (χ4v) is 2.64. The van der Waals surface area contributed by atoms with Crippen molar-refractivity contribution in [1.29, 1.82) is 0 Å². The second kappa shape index (κ2) is 6.70. The minimum atomic E-state index is 0.195. The third-order valence-electron chi connectivity index (χ3n) is 2.98. The molecule has 2 rings (SSSR count). The van der Waals surface area contributed by atoms with E-state index in [1.807, 2.05) is 6.07 Å². The molecule has 0 saturated carbocycles. The lowest BCUT2D eigenvalue weighted by Gasteiger charge is -2.32. The van der Waals surface area contributed by atoms with Crippen LogP contribution in [0.1, 0.15) is 6.92 Å². The molecule has 0 bridgehead atoms. The highest BCUT2D eigenvalue weighted by atomic mass is 79.9. The summed E-state index contributed by atoms with van der Waals surface area (Å²) in [5.41, 5.74) is 0. The summed E-state index contributed by atoms with van der Waals surface area (Å²) in [5, 5.41) is 3.86. The number of nitrogens with one attached hydrogen (secondary N) is 1. The molecule has 1 aromatic heterocycles. The number of ether oxygens (including phenoxy) is 1. The van der Waals surface area contributed by atoms with E-state index in [4.69, 9.17) is 16.3 Å². The van der Waals surface area contributed by atoms with E-state index in [2.05, 4.69) is 38.1 Å². The van der Waals surface area contributed by atoms with Crippen molar-refractivity contribution in [2.75, 3.05) is 38.1 Å². The van der Waals surface area contributed by atoms with Crippen LogP contribution in [0.5, 0.6) is 0 Å². The first-order chi connectivity index (χ1) is 8.69. The molecule has 1 atom stereocenters. The molecule has 1 fully saturated rings. The molecule has 0 aromatic carbocycles. The lowest BCUT2D eigenvalue weighted by Crippen LogP contribution is -2.45. The van der Waals surface area contributed by atoms with Gasteiger partial charge in [0.15, 0.2) is 0 Å². The zero-order valence-electron chi connectivity index (χ0n) is 10.3. The van der Waals surface area contributed by atoms with E-state index in [0.29, 0.717) is 10.8 Å². The summed E-state index contributed by atoms with van der Waals surface area (Å²) >= 11 is 9.43. The Labute approximate surface area is 121 Å². The van der Waals surface area contributed by atoms with E-state index in [1.165, 1.54) is 0 Å². The summed E-state index contributed by atoms with van der Waals surface area (Å²) in [6, 6.07) is 1.83. The van der Waals surface area contributed by atoms with Gasteiger partial charge >= 0.3 is 0 Å². The van der Waals surface area contributed by atoms with E-state index in [-0.39, 0.29) is 6.10 Å². The number of likely N-dealkylation sites (N-methyl/N-ethyl adjacent to an activating group) is 1. The van der Waals surface area contributed by atoms with Crippen LogP contribution in [-0.4, -0.2) is 48.8 Å². The number of aromatic nitrogens is 1. The van der Waals surface area contributed by atoms with Crippen molar-refractivity contribution in [1.82, 2.24) is 9.88 Å². The van der Waals surface area contributed by atoms with Crippen molar-refractivity contribution in [2.45, 2.75) is 13.0 Å². The average molecular weight is 335 g/mol. The van der Waals surface area contributed by atoms with Gasteiger partial charge in [-0.2, -0.15) is 0 Å². The molecule has 4 nitrogen and oxygen atoms in total. The third-order valence-corrected chi connectivity index (χ3v) is 3.70. The molecular weight excluding hydrogens is 318 g/mol. The van der Waals surface area contributed by atoms with Gasteiger partial charge < -0.3 is 10.1 Å². The predicted octanol–water partition coefficient (Wildman–Crippen LogP) is 2.63. The van der Waals surface area contributed by atoms with Crippen LogP contribution >= 0.6 is 27.5 Å². The second-order valence-corrected chi connectivity index (χ2v) is 5.57. The van der Waals surface area contributed by atoms with Crippen LogP contribution in [0.4, 0.5) is 5.82 Å². The molecule has 1 unspecified atom stereocenters. The summed E-state index contributed by atoms with van der Waals surface area (Å²) in [6.07, 6.45) is 1.93. The molecule has 1 aliphatic heterocycles. The van der Waals surface area contributed by atoms with E-state index >= 15 is 0 Å². The van der Waals surface area contributed by atoms with Crippen LogP contribution in [0, 0.1) is 0 Å². The molecule has 1 aromatic rings. The van der Waals surface area contributed by atoms with Crippen LogP contribution in [0.2, 0.25) is 5.02 Å². The van der Waals surface area contributed by atoms with Gasteiger partial charge in [-0.05, 0) is 28.5 Å². The first-order valence-electron chi connectivity index (χ1n) is 6.08. The van der Waals surface area contributed by atoms with Gasteiger partial charge in [-0.15, -0.1) is 0 Å². The number of hydrogen-bond acceptors (Lipinski definition) is 4. The third kappa shape index (κ3) is 3.82. The molecule has 1 saturated heterocycles. The van der Waals surface area contributed by atoms with Gasteiger partial charge in [-0.3, -0.25) is 4.90 Å². The molecule has 100 valence electrons. The van der Waals surface area contributed by atoms with Crippen molar-refractivity contribution < 1.29 is 4.74 Å². The zero-order valence-corrected chi connectivity index (χ0v) is 12.7. The molecule has 0 radical (unpaired) electrons. The lowest BCUT2D eigenvalue weighted by atomic mass is 10.2. The summed E-state index contributed by atoms with van der Waals surface area (Å²) in [7, 11) is 0. The number of rotatable bonds is 4. The van der Waals surface area contributed by atoms with Crippen LogP contribution in [0.3, 0.4) is 0 Å². The molecule has 1 N–H and O–H groups in total. The van der Waals surface area contributed by atoms with Gasteiger partial charge in [0.1, 0.15) is 5.82 Å². The summed E-state index contributed by atoms with van der Waals surface area (Å²) in [4.78, 5) is 6.62. The van der Waals surface area contributed by atoms with Crippen molar-refractivity contribution in [2.24, 2.45) is 0 Å². The van der Waals surface area contributed by atoms with Gasteiger partial charge in [0.25, 0.3) is 0 Å². The van der Waals surface area contributed by atoms with Gasteiger partial charge in [-0.25, -0.2) is 4.98 Å². The maximum absolute atomic E-state index is 6.10. The first-order valence-corrected chi connectivity index (χ1v) is 7.25. The number of morpholine rings is 1. The van der Waals surface area contributed by atoms with E-state index in [9.17, 15) is 0 Å². The molecule has 2 heterocycles. The normalized spacial score (nSPS) is 20.9. The minimum absolute atomic E-state index is 0.195. The van der Waals surface area contributed by atoms with Gasteiger partial charge in [0.05, 0.1) is 17.7 Å². The van der Waals surface area contributed by atoms with Crippen molar-refractivity contribution in [3.05, 3.63) is 21.8 Å². The SMILES string of the molecule is CCN1CCOC(CNc2ncc(Br)cc2Cl)C1. The molecule has 6 heteroatoms. The smallest absolute Gasteiger partial charge is 0.144 e. The number of halogens is 2. The Bertz CT molecular complexity index is 405. The number of nitrogens with zero attached hydrogens (tertiary/aromatic N) is 2. The molecule has 0 spiro atoms. The standard InChI is InChI=1S/C12H17BrClN3O/c1-2-17-3-4-18-10(8-17)7-16-12-11(14)5-9(13)6-15-12/h5-6,10H,2-4,7-8H2,1H3,(H,15,16). The largest absolute Gasteiger partial charge is 0.374 e. The number of pyridine rings is 1. The second-order valence-electron chi connectivity index (χ2n) is 4.25. The quantitative estimate of drug-likeness (QED) is 0.918. The first kappa shape index (κ1) is 14.1. The van der Waals surface area contributed by atoms with Crippen LogP contribution < -0.4 is 5.32 Å². The fraction of sp³-hybridized carbons (Fsp3) is 0.583. The molecule has 0 amide bonds. The van der Waals surface area contributed by atoms with Gasteiger partial charge in [0, 0.05) is 30.3 Å². The summed E-state index contributed by atoms with van der Waals surface area (Å²) in [5.74, 6) is 0.706. The molecule has 0 aliphatic carbocycles. The van der Waals surface area contributed by atoms with Crippen molar-refractivity contribution in [3.8, 4) is 0 Å². The summed E-state index contributed by atoms with van der Waals surface area (Å²) in [6.45, 7) is 6.73.